The second kappa shape index (κ2) is 2.96. The molecule has 0 aliphatic rings. The first kappa shape index (κ1) is 6.88. The van der Waals surface area contributed by atoms with Gasteiger partial charge in [-0.05, 0) is 7.05 Å². The third-order valence-electron chi connectivity index (χ3n) is 0.684. The topological polar surface area (TPSA) is 4.93 Å². The van der Waals surface area contributed by atoms with E-state index in [9.17, 15) is 0 Å². The maximum absolute atomic E-state index is 2.89. The van der Waals surface area contributed by atoms with Crippen molar-refractivity contribution in [1.82, 2.24) is 4.57 Å². The van der Waals surface area contributed by atoms with E-state index in [1.807, 2.05) is 30.1 Å². The first-order chi connectivity index (χ1) is 2.89. The molecular formula is C5H6LiN. The van der Waals surface area contributed by atoms with Crippen LogP contribution in [0.3, 0.4) is 0 Å². The minimum atomic E-state index is 0. The molecule has 0 fully saturated rings. The second-order valence-electron chi connectivity index (χ2n) is 1.28. The minimum absolute atomic E-state index is 0. The summed E-state index contributed by atoms with van der Waals surface area (Å²) in [6.45, 7) is 0. The van der Waals surface area contributed by atoms with Crippen LogP contribution in [0, 0.1) is 6.07 Å². The fourth-order valence-corrected chi connectivity index (χ4v) is 0.364. The van der Waals surface area contributed by atoms with Gasteiger partial charge in [-0.3, -0.25) is 0 Å². The van der Waals surface area contributed by atoms with E-state index in [4.69, 9.17) is 0 Å². The number of nitrogens with zero attached hydrogens (tertiary/aromatic N) is 1. The molecule has 0 N–H and O–H groups in total. The van der Waals surface area contributed by atoms with Crippen LogP contribution in [-0.2, 0) is 7.05 Å². The summed E-state index contributed by atoms with van der Waals surface area (Å²) in [7, 11) is 1.97. The van der Waals surface area contributed by atoms with Crippen LogP contribution in [-0.4, -0.2) is 4.57 Å². The summed E-state index contributed by atoms with van der Waals surface area (Å²) in [5.74, 6) is 0. The molecule has 1 heterocycles. The molecule has 1 aromatic heterocycles. The Balaban J connectivity index is 0.000000360. The minimum Gasteiger partial charge on any atom is -0.451 e. The predicted molar refractivity (Wildman–Crippen MR) is 24.2 cm³/mol. The Morgan fingerprint density at radius 3 is 2.43 bits per heavy atom. The van der Waals surface area contributed by atoms with E-state index in [1.165, 1.54) is 0 Å². The van der Waals surface area contributed by atoms with Gasteiger partial charge < -0.3 is 4.57 Å². The number of hydrogen-bond acceptors (Lipinski definition) is 0. The Morgan fingerprint density at radius 2 is 2.29 bits per heavy atom. The van der Waals surface area contributed by atoms with E-state index >= 15 is 0 Å². The van der Waals surface area contributed by atoms with Gasteiger partial charge in [-0.15, -0.1) is 12.4 Å². The summed E-state index contributed by atoms with van der Waals surface area (Å²) >= 11 is 0. The maximum Gasteiger partial charge on any atom is 1.00 e. The zero-order valence-corrected chi connectivity index (χ0v) is 4.68. The molecule has 0 unspecified atom stereocenters. The molecule has 0 atom stereocenters. The smallest absolute Gasteiger partial charge is 0.451 e. The van der Waals surface area contributed by atoms with Crippen LogP contribution in [0.1, 0.15) is 0 Å². The van der Waals surface area contributed by atoms with E-state index in [0.29, 0.717) is 0 Å². The van der Waals surface area contributed by atoms with Gasteiger partial charge in [0.2, 0.25) is 0 Å². The van der Waals surface area contributed by atoms with E-state index in [2.05, 4.69) is 6.07 Å². The largest absolute Gasteiger partial charge is 1.00 e. The first-order valence-electron chi connectivity index (χ1n) is 1.87. The quantitative estimate of drug-likeness (QED) is 0.251. The molecule has 32 valence electrons. The molecule has 2 heteroatoms. The summed E-state index contributed by atoms with van der Waals surface area (Å²) in [4.78, 5) is 0. The van der Waals surface area contributed by atoms with Crippen molar-refractivity contribution < 1.29 is 18.9 Å². The van der Waals surface area contributed by atoms with Gasteiger partial charge in [0.1, 0.15) is 0 Å². The standard InChI is InChI=1S/C5H6N.Li/c1-6-4-2-3-5-6;/h2,4-5H,1H3;/q-1;+1. The second-order valence-corrected chi connectivity index (χ2v) is 1.28. The van der Waals surface area contributed by atoms with Gasteiger partial charge in [-0.25, -0.2) is 12.1 Å². The Hall–Kier alpha value is -0.123. The average Bonchev–Trinajstić information content (AvgIpc) is 1.86. The molecule has 7 heavy (non-hydrogen) atoms. The van der Waals surface area contributed by atoms with E-state index in [-0.39, 0.29) is 18.9 Å². The van der Waals surface area contributed by atoms with Gasteiger partial charge >= 0.3 is 18.9 Å². The fourth-order valence-electron chi connectivity index (χ4n) is 0.364. The number of aromatic nitrogens is 1. The zero-order chi connectivity index (χ0) is 4.41. The maximum atomic E-state index is 2.89. The Morgan fingerprint density at radius 1 is 1.57 bits per heavy atom. The summed E-state index contributed by atoms with van der Waals surface area (Å²) in [6.07, 6.45) is 3.82. The molecule has 0 aliphatic carbocycles. The van der Waals surface area contributed by atoms with Gasteiger partial charge in [0, 0.05) is 0 Å². The Kier molecular flexibility index (Phi) is 2.90. The summed E-state index contributed by atoms with van der Waals surface area (Å²) in [5.41, 5.74) is 0. The number of hydrogen-bond donors (Lipinski definition) is 0. The molecule has 1 nitrogen and oxygen atoms in total. The predicted octanol–water partition coefficient (Wildman–Crippen LogP) is -2.17. The van der Waals surface area contributed by atoms with Crippen molar-refractivity contribution in [2.24, 2.45) is 7.05 Å². The summed E-state index contributed by atoms with van der Waals surface area (Å²) < 4.78 is 1.94. The van der Waals surface area contributed by atoms with E-state index in [1.54, 1.807) is 0 Å². The molecular weight excluding hydrogens is 81.0 g/mol. The Bertz CT molecular complexity index is 112. The van der Waals surface area contributed by atoms with Crippen LogP contribution in [0.25, 0.3) is 0 Å². The van der Waals surface area contributed by atoms with Crippen LogP contribution >= 0.6 is 0 Å². The van der Waals surface area contributed by atoms with Crippen LogP contribution in [0.4, 0.5) is 0 Å². The van der Waals surface area contributed by atoms with E-state index in [0.717, 1.165) is 0 Å². The van der Waals surface area contributed by atoms with Gasteiger partial charge in [0.25, 0.3) is 0 Å². The SMILES string of the molecule is Cn1c[c-]cc1.[Li+]. The van der Waals surface area contributed by atoms with Gasteiger partial charge in [0.05, 0.1) is 0 Å². The van der Waals surface area contributed by atoms with Crippen LogP contribution in [0.15, 0.2) is 18.5 Å². The third kappa shape index (κ3) is 1.87. The molecule has 0 aromatic carbocycles. The molecule has 0 aliphatic heterocycles. The molecule has 0 amide bonds. The fraction of sp³-hybridized carbons (Fsp3) is 0.200. The molecule has 0 saturated heterocycles. The van der Waals surface area contributed by atoms with Crippen molar-refractivity contribution in [2.45, 2.75) is 0 Å². The number of rotatable bonds is 0. The zero-order valence-electron chi connectivity index (χ0n) is 4.68. The van der Waals surface area contributed by atoms with Crippen molar-refractivity contribution >= 4 is 0 Å². The average molecular weight is 87.1 g/mol. The van der Waals surface area contributed by atoms with Crippen LogP contribution in [0.2, 0.25) is 0 Å². The van der Waals surface area contributed by atoms with Crippen molar-refractivity contribution in [3.63, 3.8) is 0 Å². The normalized spacial score (nSPS) is 7.57. The monoisotopic (exact) mass is 87.1 g/mol. The summed E-state index contributed by atoms with van der Waals surface area (Å²) in [6, 6.07) is 4.77. The molecule has 0 radical (unpaired) electrons. The van der Waals surface area contributed by atoms with Gasteiger partial charge in [-0.2, -0.15) is 0 Å². The summed E-state index contributed by atoms with van der Waals surface area (Å²) in [5, 5.41) is 0. The third-order valence-corrected chi connectivity index (χ3v) is 0.684. The number of aryl methyl sites for hydroxylation is 1. The molecule has 1 aromatic rings. The van der Waals surface area contributed by atoms with Crippen molar-refractivity contribution in [3.05, 3.63) is 24.5 Å². The van der Waals surface area contributed by atoms with E-state index < -0.39 is 0 Å². The van der Waals surface area contributed by atoms with Gasteiger partial charge in [-0.1, -0.05) is 0 Å². The van der Waals surface area contributed by atoms with Crippen LogP contribution < -0.4 is 18.9 Å². The molecule has 0 bridgehead atoms. The molecule has 1 rings (SSSR count). The molecule has 0 saturated carbocycles. The Labute approximate surface area is 55.5 Å². The van der Waals surface area contributed by atoms with Crippen LogP contribution in [0.5, 0.6) is 0 Å². The molecule has 0 spiro atoms. The van der Waals surface area contributed by atoms with Crippen molar-refractivity contribution in [3.8, 4) is 0 Å². The van der Waals surface area contributed by atoms with Crippen molar-refractivity contribution in [2.75, 3.05) is 0 Å². The van der Waals surface area contributed by atoms with Crippen molar-refractivity contribution in [1.29, 1.82) is 0 Å². The van der Waals surface area contributed by atoms with Gasteiger partial charge in [0.15, 0.2) is 0 Å². The first-order valence-corrected chi connectivity index (χ1v) is 1.87.